The van der Waals surface area contributed by atoms with Crippen LogP contribution in [0.25, 0.3) is 0 Å². The average Bonchev–Trinajstić information content (AvgIpc) is 2.92. The molecule has 0 amide bonds. The lowest BCUT2D eigenvalue weighted by atomic mass is 10.3. The minimum Gasteiger partial charge on any atom is -0.357 e. The van der Waals surface area contributed by atoms with Crippen LogP contribution >= 0.6 is 35.3 Å². The first kappa shape index (κ1) is 24.4. The molecule has 146 valence electrons. The van der Waals surface area contributed by atoms with Gasteiger partial charge in [0.2, 0.25) is 0 Å². The molecule has 0 fully saturated rings. The molecule has 0 saturated carbocycles. The normalized spacial score (nSPS) is 12.5. The first-order valence-electron chi connectivity index (χ1n) is 7.93. The molecule has 1 aromatic heterocycles. The summed E-state index contributed by atoms with van der Waals surface area (Å²) in [6.45, 7) is 8.59. The molecule has 1 rings (SSSR count). The average molecular weight is 503 g/mol. The summed E-state index contributed by atoms with van der Waals surface area (Å²) in [6.07, 6.45) is 0. The third-order valence-corrected chi connectivity index (χ3v) is 6.93. The molecule has 10 heteroatoms. The summed E-state index contributed by atoms with van der Waals surface area (Å²) in [5.41, 5.74) is 0.892. The van der Waals surface area contributed by atoms with E-state index in [-0.39, 0.29) is 29.7 Å². The molecule has 0 radical (unpaired) electrons. The highest BCUT2D eigenvalue weighted by atomic mass is 127. The van der Waals surface area contributed by atoms with E-state index in [0.717, 1.165) is 10.8 Å². The summed E-state index contributed by atoms with van der Waals surface area (Å²) in [7, 11) is 0.760. The van der Waals surface area contributed by atoms with Crippen molar-refractivity contribution in [1.82, 2.24) is 15.6 Å². The third kappa shape index (κ3) is 8.07. The van der Waals surface area contributed by atoms with Crippen LogP contribution in [0.15, 0.2) is 10.4 Å². The summed E-state index contributed by atoms with van der Waals surface area (Å²) in [5.74, 6) is 0.670. The van der Waals surface area contributed by atoms with Gasteiger partial charge in [-0.2, -0.15) is 0 Å². The largest absolute Gasteiger partial charge is 0.357 e. The van der Waals surface area contributed by atoms with Gasteiger partial charge in [-0.3, -0.25) is 0 Å². The lowest BCUT2D eigenvalue weighted by Crippen LogP contribution is -2.41. The van der Waals surface area contributed by atoms with E-state index in [0.29, 0.717) is 25.6 Å². The molecule has 2 N–H and O–H groups in total. The van der Waals surface area contributed by atoms with Gasteiger partial charge in [0.05, 0.1) is 22.7 Å². The van der Waals surface area contributed by atoms with E-state index in [1.807, 2.05) is 31.3 Å². The Morgan fingerprint density at radius 2 is 1.96 bits per heavy atom. The van der Waals surface area contributed by atoms with Crippen LogP contribution in [0, 0.1) is 0 Å². The van der Waals surface area contributed by atoms with Crippen molar-refractivity contribution in [2.24, 2.45) is 4.99 Å². The number of sulfone groups is 1. The van der Waals surface area contributed by atoms with E-state index >= 15 is 0 Å². The van der Waals surface area contributed by atoms with Crippen LogP contribution in [0.1, 0.15) is 33.4 Å². The van der Waals surface area contributed by atoms with Crippen molar-refractivity contribution in [2.75, 3.05) is 37.8 Å². The summed E-state index contributed by atoms with van der Waals surface area (Å²) in [4.78, 5) is 10.9. The highest BCUT2D eigenvalue weighted by molar-refractivity contribution is 14.0. The molecular weight excluding hydrogens is 473 g/mol. The fourth-order valence-electron chi connectivity index (χ4n) is 1.69. The summed E-state index contributed by atoms with van der Waals surface area (Å²) in [5, 5.41) is 9.11. The van der Waals surface area contributed by atoms with E-state index in [2.05, 4.69) is 20.6 Å². The minimum atomic E-state index is -3.14. The molecule has 1 aromatic rings. The molecule has 0 atom stereocenters. The first-order valence-corrected chi connectivity index (χ1v) is 10.5. The number of guanidine groups is 1. The zero-order valence-electron chi connectivity index (χ0n) is 15.8. The van der Waals surface area contributed by atoms with Gasteiger partial charge in [-0.05, 0) is 27.7 Å². The van der Waals surface area contributed by atoms with Crippen LogP contribution in [0.3, 0.4) is 0 Å². The van der Waals surface area contributed by atoms with Crippen LogP contribution in [-0.2, 0) is 16.4 Å². The second-order valence-electron chi connectivity index (χ2n) is 6.57. The zero-order chi connectivity index (χ0) is 18.4. The topological polar surface area (TPSA) is 86.7 Å². The predicted octanol–water partition coefficient (Wildman–Crippen LogP) is 2.10. The number of hydrogen-bond donors (Lipinski definition) is 2. The Kier molecular flexibility index (Phi) is 10.2. The van der Waals surface area contributed by atoms with Crippen molar-refractivity contribution in [1.29, 1.82) is 0 Å². The zero-order valence-corrected chi connectivity index (χ0v) is 19.8. The molecule has 0 spiro atoms. The number of nitrogens with zero attached hydrogens (tertiary/aromatic N) is 3. The Labute approximate surface area is 172 Å². The smallest absolute Gasteiger partial charge is 0.191 e. The Balaban J connectivity index is 0.00000576. The van der Waals surface area contributed by atoms with Gasteiger partial charge in [-0.15, -0.1) is 35.3 Å². The fourth-order valence-corrected chi connectivity index (χ4v) is 3.42. The lowest BCUT2D eigenvalue weighted by Gasteiger charge is -2.19. The van der Waals surface area contributed by atoms with Crippen molar-refractivity contribution in [3.05, 3.63) is 11.1 Å². The van der Waals surface area contributed by atoms with E-state index < -0.39 is 14.6 Å². The number of aliphatic imine (C=N–C) groups is 1. The Morgan fingerprint density at radius 1 is 1.32 bits per heavy atom. The number of anilines is 1. The molecular formula is C15H30IN5O2S2. The summed E-state index contributed by atoms with van der Waals surface area (Å²) in [6, 6.07) is 0. The maximum atomic E-state index is 12.1. The van der Waals surface area contributed by atoms with Gasteiger partial charge in [0.15, 0.2) is 20.9 Å². The minimum absolute atomic E-state index is 0. The van der Waals surface area contributed by atoms with Gasteiger partial charge < -0.3 is 15.5 Å². The summed E-state index contributed by atoms with van der Waals surface area (Å²) < 4.78 is 23.5. The molecule has 7 nitrogen and oxygen atoms in total. The summed E-state index contributed by atoms with van der Waals surface area (Å²) >= 11 is 1.57. The van der Waals surface area contributed by atoms with Crippen LogP contribution in [0.5, 0.6) is 0 Å². The van der Waals surface area contributed by atoms with Gasteiger partial charge in [-0.25, -0.2) is 18.4 Å². The van der Waals surface area contributed by atoms with Crippen molar-refractivity contribution < 1.29 is 8.42 Å². The highest BCUT2D eigenvalue weighted by Gasteiger charge is 2.28. The SMILES string of the molecule is CCNC(=NCc1csc(N(C)C)n1)NCCS(=O)(=O)C(C)(C)C.I. The van der Waals surface area contributed by atoms with E-state index in [1.165, 1.54) is 0 Å². The first-order chi connectivity index (χ1) is 11.1. The number of hydrogen-bond acceptors (Lipinski definition) is 6. The molecule has 0 aliphatic rings. The van der Waals surface area contributed by atoms with Crippen LogP contribution in [0.2, 0.25) is 0 Å². The lowest BCUT2D eigenvalue weighted by molar-refractivity contribution is 0.559. The molecule has 0 bridgehead atoms. The number of thiazole rings is 1. The third-order valence-electron chi connectivity index (χ3n) is 3.26. The second kappa shape index (κ2) is 10.5. The van der Waals surface area contributed by atoms with Gasteiger partial charge in [0, 0.05) is 32.6 Å². The number of halogens is 1. The predicted molar refractivity (Wildman–Crippen MR) is 118 cm³/mol. The number of aromatic nitrogens is 1. The Hall–Kier alpha value is -0.620. The van der Waals surface area contributed by atoms with Gasteiger partial charge in [0.1, 0.15) is 0 Å². The maximum Gasteiger partial charge on any atom is 0.191 e. The van der Waals surface area contributed by atoms with Crippen LogP contribution in [-0.4, -0.2) is 57.0 Å². The second-order valence-corrected chi connectivity index (χ2v) is 10.3. The van der Waals surface area contributed by atoms with Crippen LogP contribution < -0.4 is 15.5 Å². The van der Waals surface area contributed by atoms with Crippen molar-refractivity contribution in [3.8, 4) is 0 Å². The Morgan fingerprint density at radius 3 is 2.44 bits per heavy atom. The highest BCUT2D eigenvalue weighted by Crippen LogP contribution is 2.18. The van der Waals surface area contributed by atoms with Crippen LogP contribution in [0.4, 0.5) is 5.13 Å². The number of rotatable bonds is 7. The molecule has 25 heavy (non-hydrogen) atoms. The maximum absolute atomic E-state index is 12.1. The molecule has 1 heterocycles. The molecule has 0 aromatic carbocycles. The quantitative estimate of drug-likeness (QED) is 0.337. The monoisotopic (exact) mass is 503 g/mol. The van der Waals surface area contributed by atoms with E-state index in [4.69, 9.17) is 0 Å². The standard InChI is InChI=1S/C15H29N5O2S2.HI/c1-7-16-13(17-8-9-24(21,22)15(2,3)4)18-10-12-11-23-14(19-12)20(5)6;/h11H,7-10H2,1-6H3,(H2,16,17,18);1H. The molecule has 0 unspecified atom stereocenters. The molecule has 0 saturated heterocycles. The van der Waals surface area contributed by atoms with Crippen molar-refractivity contribution in [2.45, 2.75) is 39.0 Å². The van der Waals surface area contributed by atoms with Crippen molar-refractivity contribution >= 4 is 56.2 Å². The molecule has 0 aliphatic carbocycles. The van der Waals surface area contributed by atoms with Crippen molar-refractivity contribution in [3.63, 3.8) is 0 Å². The van der Waals surface area contributed by atoms with E-state index in [1.54, 1.807) is 32.1 Å². The van der Waals surface area contributed by atoms with Gasteiger partial charge in [-0.1, -0.05) is 0 Å². The molecule has 0 aliphatic heterocycles. The van der Waals surface area contributed by atoms with E-state index in [9.17, 15) is 8.42 Å². The van der Waals surface area contributed by atoms with Gasteiger partial charge >= 0.3 is 0 Å². The number of nitrogens with one attached hydrogen (secondary N) is 2. The Bertz CT molecular complexity index is 651. The van der Waals surface area contributed by atoms with Gasteiger partial charge in [0.25, 0.3) is 0 Å². The fraction of sp³-hybridized carbons (Fsp3) is 0.733.